The third kappa shape index (κ3) is 10.6. The quantitative estimate of drug-likeness (QED) is 0.190. The van der Waals surface area contributed by atoms with Gasteiger partial charge in [0.2, 0.25) is 0 Å². The molecule has 0 heterocycles. The van der Waals surface area contributed by atoms with Crippen LogP contribution in [0.5, 0.6) is 0 Å². The van der Waals surface area contributed by atoms with Gasteiger partial charge in [0.15, 0.2) is 0 Å². The lowest BCUT2D eigenvalue weighted by Crippen LogP contribution is -2.22. The number of allylic oxidation sites excluding steroid dienone is 11. The summed E-state index contributed by atoms with van der Waals surface area (Å²) in [5.41, 5.74) is 9.62. The molecule has 1 aromatic rings. The maximum Gasteiger partial charge on any atom is -0.0201 e. The zero-order valence-corrected chi connectivity index (χ0v) is 27.1. The highest BCUT2D eigenvalue weighted by molar-refractivity contribution is 5.66. The van der Waals surface area contributed by atoms with Crippen LogP contribution in [-0.2, 0) is 0 Å². The number of rotatable bonds is 15. The van der Waals surface area contributed by atoms with E-state index in [4.69, 9.17) is 0 Å². The van der Waals surface area contributed by atoms with Gasteiger partial charge in [-0.15, -0.1) is 0 Å². The summed E-state index contributed by atoms with van der Waals surface area (Å²) in [6, 6.07) is 8.56. The van der Waals surface area contributed by atoms with E-state index in [2.05, 4.69) is 115 Å². The topological polar surface area (TPSA) is 0 Å². The standard InChI is InChI=1S/C41H58/c1-9-31(3)15-18-33(5)39-27-28-41(8,30-39)29-38-25-23-37(24-26-38)21-17-32(4)16-20-36(10-2)22-19-35(7)40-14-12-11-13-34(40)6/h10-16,18,20,27,31,37-38H,4-5,7,9,17,19,21-26,28-30H2,1-3,6,8H3. The maximum atomic E-state index is 4.39. The van der Waals surface area contributed by atoms with Gasteiger partial charge in [-0.05, 0) is 110 Å². The van der Waals surface area contributed by atoms with Crippen LogP contribution in [0.4, 0.5) is 0 Å². The van der Waals surface area contributed by atoms with E-state index in [1.807, 2.05) is 0 Å². The van der Waals surface area contributed by atoms with Crippen LogP contribution in [0.3, 0.4) is 0 Å². The minimum atomic E-state index is 0.426. The molecule has 2 unspecified atom stereocenters. The van der Waals surface area contributed by atoms with Crippen LogP contribution in [0.1, 0.15) is 116 Å². The van der Waals surface area contributed by atoms with Crippen molar-refractivity contribution in [3.05, 3.63) is 114 Å². The van der Waals surface area contributed by atoms with E-state index in [9.17, 15) is 0 Å². The summed E-state index contributed by atoms with van der Waals surface area (Å²) in [5, 5.41) is 0. The van der Waals surface area contributed by atoms with Crippen LogP contribution in [0.15, 0.2) is 103 Å². The van der Waals surface area contributed by atoms with Crippen LogP contribution in [-0.4, -0.2) is 0 Å². The van der Waals surface area contributed by atoms with Crippen molar-refractivity contribution in [1.82, 2.24) is 0 Å². The Balaban J connectivity index is 1.35. The highest BCUT2D eigenvalue weighted by Crippen LogP contribution is 2.47. The molecule has 0 aliphatic heterocycles. The van der Waals surface area contributed by atoms with E-state index < -0.39 is 0 Å². The van der Waals surface area contributed by atoms with Crippen LogP contribution in [0.2, 0.25) is 0 Å². The predicted octanol–water partition coefficient (Wildman–Crippen LogP) is 12.7. The molecule has 2 atom stereocenters. The molecule has 0 radical (unpaired) electrons. The highest BCUT2D eigenvalue weighted by atomic mass is 14.4. The van der Waals surface area contributed by atoms with Gasteiger partial charge in [0.25, 0.3) is 0 Å². The molecule has 0 nitrogen and oxygen atoms in total. The smallest absolute Gasteiger partial charge is 0.0201 e. The summed E-state index contributed by atoms with van der Waals surface area (Å²) in [7, 11) is 0. The van der Waals surface area contributed by atoms with Gasteiger partial charge in [0.1, 0.15) is 0 Å². The molecule has 1 aromatic carbocycles. The molecule has 222 valence electrons. The normalized spacial score (nSPS) is 24.1. The fraction of sp³-hybridized carbons (Fsp3) is 0.512. The van der Waals surface area contributed by atoms with Gasteiger partial charge in [-0.25, -0.2) is 0 Å². The number of hydrogen-bond acceptors (Lipinski definition) is 0. The lowest BCUT2D eigenvalue weighted by molar-refractivity contribution is 0.183. The summed E-state index contributed by atoms with van der Waals surface area (Å²) in [6.45, 7) is 24.5. The zero-order chi connectivity index (χ0) is 29.8. The first-order valence-electron chi connectivity index (χ1n) is 16.4. The Morgan fingerprint density at radius 2 is 1.68 bits per heavy atom. The molecule has 0 aromatic heterocycles. The van der Waals surface area contributed by atoms with Gasteiger partial charge in [-0.2, -0.15) is 0 Å². The van der Waals surface area contributed by atoms with Crippen LogP contribution < -0.4 is 0 Å². The minimum Gasteiger partial charge on any atom is -0.0958 e. The molecule has 0 bridgehead atoms. The lowest BCUT2D eigenvalue weighted by Gasteiger charge is -2.34. The first kappa shape index (κ1) is 32.9. The third-order valence-electron chi connectivity index (χ3n) is 9.91. The van der Waals surface area contributed by atoms with Crippen LogP contribution in [0.25, 0.3) is 5.57 Å². The van der Waals surface area contributed by atoms with E-state index >= 15 is 0 Å². The predicted molar refractivity (Wildman–Crippen MR) is 184 cm³/mol. The first-order valence-corrected chi connectivity index (χ1v) is 16.4. The maximum absolute atomic E-state index is 4.39. The van der Waals surface area contributed by atoms with E-state index in [0.717, 1.165) is 31.1 Å². The molecule has 3 rings (SSSR count). The summed E-state index contributed by atoms with van der Waals surface area (Å²) in [5.74, 6) is 2.39. The summed E-state index contributed by atoms with van der Waals surface area (Å²) in [6.07, 6.45) is 28.9. The Hall–Kier alpha value is -2.60. The highest BCUT2D eigenvalue weighted by Gasteiger charge is 2.34. The van der Waals surface area contributed by atoms with Gasteiger partial charge in [0.05, 0.1) is 0 Å². The molecule has 0 heteroatoms. The fourth-order valence-corrected chi connectivity index (χ4v) is 6.74. The largest absolute Gasteiger partial charge is 0.0958 e. The van der Waals surface area contributed by atoms with Crippen molar-refractivity contribution in [1.29, 1.82) is 0 Å². The van der Waals surface area contributed by atoms with Crippen molar-refractivity contribution in [3.8, 4) is 0 Å². The van der Waals surface area contributed by atoms with E-state index in [-0.39, 0.29) is 0 Å². The number of hydrogen-bond donors (Lipinski definition) is 0. The van der Waals surface area contributed by atoms with Crippen LogP contribution >= 0.6 is 0 Å². The van der Waals surface area contributed by atoms with E-state index in [0.29, 0.717) is 11.3 Å². The van der Waals surface area contributed by atoms with Crippen molar-refractivity contribution in [2.45, 2.75) is 112 Å². The molecule has 0 saturated heterocycles. The SMILES string of the molecule is C=C(C=CC(=CC)CCC(=C)c1ccccc1C)CCC1CCC(CC2(C)CC=C(C(=C)C=CC(C)CC)C2)CC1. The molecule has 41 heavy (non-hydrogen) atoms. The Morgan fingerprint density at radius 3 is 2.37 bits per heavy atom. The summed E-state index contributed by atoms with van der Waals surface area (Å²) >= 11 is 0. The van der Waals surface area contributed by atoms with Crippen molar-refractivity contribution in [2.24, 2.45) is 23.2 Å². The molecule has 0 amide bonds. The monoisotopic (exact) mass is 550 g/mol. The fourth-order valence-electron chi connectivity index (χ4n) is 6.74. The molecule has 2 aliphatic rings. The van der Waals surface area contributed by atoms with Crippen molar-refractivity contribution in [2.75, 3.05) is 0 Å². The average molecular weight is 551 g/mol. The Bertz CT molecular complexity index is 1160. The van der Waals surface area contributed by atoms with Crippen molar-refractivity contribution >= 4 is 5.57 Å². The number of benzene rings is 1. The lowest BCUT2D eigenvalue weighted by atomic mass is 9.71. The van der Waals surface area contributed by atoms with Crippen molar-refractivity contribution < 1.29 is 0 Å². The molecular formula is C41H58. The molecule has 1 saturated carbocycles. The summed E-state index contributed by atoms with van der Waals surface area (Å²) < 4.78 is 0. The van der Waals surface area contributed by atoms with Gasteiger partial charge in [0, 0.05) is 0 Å². The molecule has 0 spiro atoms. The second-order valence-corrected chi connectivity index (χ2v) is 13.6. The van der Waals surface area contributed by atoms with Gasteiger partial charge in [-0.1, -0.05) is 144 Å². The first-order chi connectivity index (χ1) is 19.6. The van der Waals surface area contributed by atoms with E-state index in [1.54, 1.807) is 0 Å². The molecule has 2 aliphatic carbocycles. The van der Waals surface area contributed by atoms with Gasteiger partial charge in [-0.3, -0.25) is 0 Å². The molecular weight excluding hydrogens is 492 g/mol. The Morgan fingerprint density at radius 1 is 0.976 bits per heavy atom. The second-order valence-electron chi connectivity index (χ2n) is 13.6. The third-order valence-corrected chi connectivity index (χ3v) is 9.91. The van der Waals surface area contributed by atoms with E-state index in [1.165, 1.54) is 96.8 Å². The minimum absolute atomic E-state index is 0.426. The summed E-state index contributed by atoms with van der Waals surface area (Å²) in [4.78, 5) is 0. The Kier molecular flexibility index (Phi) is 13.0. The molecule has 0 N–H and O–H groups in total. The zero-order valence-electron chi connectivity index (χ0n) is 27.1. The second kappa shape index (κ2) is 16.1. The van der Waals surface area contributed by atoms with Gasteiger partial charge >= 0.3 is 0 Å². The van der Waals surface area contributed by atoms with Crippen LogP contribution in [0, 0.1) is 30.1 Å². The Labute approximate surface area is 253 Å². The number of aryl methyl sites for hydroxylation is 1. The van der Waals surface area contributed by atoms with Crippen molar-refractivity contribution in [3.63, 3.8) is 0 Å². The molecule has 1 fully saturated rings. The van der Waals surface area contributed by atoms with Gasteiger partial charge < -0.3 is 0 Å². The average Bonchev–Trinajstić information content (AvgIpc) is 3.36.